The zero-order chi connectivity index (χ0) is 8.55. The fraction of sp³-hybridized carbons (Fsp3) is 0.222. The standard InChI is InChI=1S/C9H10N2S/c1-6-3-4-7-8(5-6)10-11-9(7)12-2/h3-5H,1-2H3,(H,10,11). The summed E-state index contributed by atoms with van der Waals surface area (Å²) in [4.78, 5) is 0. The maximum atomic E-state index is 4.19. The average Bonchev–Trinajstić information content (AvgIpc) is 2.46. The Morgan fingerprint density at radius 1 is 1.42 bits per heavy atom. The van der Waals surface area contributed by atoms with Crippen molar-refractivity contribution in [2.75, 3.05) is 6.26 Å². The van der Waals surface area contributed by atoms with Gasteiger partial charge in [-0.05, 0) is 30.9 Å². The summed E-state index contributed by atoms with van der Waals surface area (Å²) in [5.41, 5.74) is 2.39. The molecule has 0 amide bonds. The van der Waals surface area contributed by atoms with Crippen LogP contribution in [0.3, 0.4) is 0 Å². The molecule has 0 saturated heterocycles. The lowest BCUT2D eigenvalue weighted by molar-refractivity contribution is 1.02. The minimum atomic E-state index is 1.07. The number of hydrogen-bond acceptors (Lipinski definition) is 2. The van der Waals surface area contributed by atoms with Crippen LogP contribution in [0.2, 0.25) is 0 Å². The van der Waals surface area contributed by atoms with Crippen molar-refractivity contribution in [3.8, 4) is 0 Å². The van der Waals surface area contributed by atoms with Gasteiger partial charge in [-0.3, -0.25) is 5.10 Å². The highest BCUT2D eigenvalue weighted by molar-refractivity contribution is 7.98. The molecule has 0 fully saturated rings. The van der Waals surface area contributed by atoms with Crippen LogP contribution in [0.25, 0.3) is 10.9 Å². The van der Waals surface area contributed by atoms with Crippen molar-refractivity contribution >= 4 is 22.7 Å². The van der Waals surface area contributed by atoms with E-state index in [1.165, 1.54) is 10.9 Å². The Kier molecular flexibility index (Phi) is 1.81. The van der Waals surface area contributed by atoms with Gasteiger partial charge in [0.05, 0.1) is 5.52 Å². The molecule has 12 heavy (non-hydrogen) atoms. The van der Waals surface area contributed by atoms with E-state index in [-0.39, 0.29) is 0 Å². The van der Waals surface area contributed by atoms with E-state index in [0.29, 0.717) is 0 Å². The van der Waals surface area contributed by atoms with Crippen molar-refractivity contribution in [3.63, 3.8) is 0 Å². The Hall–Kier alpha value is -0.960. The van der Waals surface area contributed by atoms with Gasteiger partial charge in [0.15, 0.2) is 0 Å². The summed E-state index contributed by atoms with van der Waals surface area (Å²) in [6.45, 7) is 2.08. The highest BCUT2D eigenvalue weighted by Gasteiger charge is 2.02. The van der Waals surface area contributed by atoms with Crippen molar-refractivity contribution in [1.29, 1.82) is 0 Å². The molecule has 2 aromatic rings. The molecule has 0 saturated carbocycles. The molecule has 0 aliphatic rings. The quantitative estimate of drug-likeness (QED) is 0.680. The maximum Gasteiger partial charge on any atom is 0.125 e. The first-order valence-electron chi connectivity index (χ1n) is 3.80. The number of aromatic nitrogens is 2. The van der Waals surface area contributed by atoms with E-state index in [1.54, 1.807) is 11.8 Å². The highest BCUT2D eigenvalue weighted by Crippen LogP contribution is 2.23. The molecule has 0 aliphatic carbocycles. The normalized spacial score (nSPS) is 10.8. The number of aromatic amines is 1. The molecule has 1 aromatic carbocycles. The van der Waals surface area contributed by atoms with Crippen LogP contribution in [0.1, 0.15) is 5.56 Å². The van der Waals surface area contributed by atoms with E-state index >= 15 is 0 Å². The van der Waals surface area contributed by atoms with Gasteiger partial charge in [-0.2, -0.15) is 5.10 Å². The number of H-pyrrole nitrogens is 1. The average molecular weight is 178 g/mol. The minimum Gasteiger partial charge on any atom is -0.277 e. The zero-order valence-corrected chi connectivity index (χ0v) is 7.90. The fourth-order valence-electron chi connectivity index (χ4n) is 1.26. The molecule has 1 N–H and O–H groups in total. The number of fused-ring (bicyclic) bond motifs is 1. The molecule has 0 unspecified atom stereocenters. The number of hydrogen-bond donors (Lipinski definition) is 1. The Morgan fingerprint density at radius 2 is 2.25 bits per heavy atom. The van der Waals surface area contributed by atoms with Gasteiger partial charge < -0.3 is 0 Å². The third-order valence-corrected chi connectivity index (χ3v) is 2.57. The topological polar surface area (TPSA) is 28.7 Å². The Morgan fingerprint density at radius 3 is 3.00 bits per heavy atom. The van der Waals surface area contributed by atoms with Gasteiger partial charge in [-0.15, -0.1) is 11.8 Å². The predicted octanol–water partition coefficient (Wildman–Crippen LogP) is 2.59. The van der Waals surface area contributed by atoms with Crippen LogP contribution < -0.4 is 0 Å². The van der Waals surface area contributed by atoms with Crippen LogP contribution in [-0.4, -0.2) is 16.5 Å². The van der Waals surface area contributed by atoms with Crippen LogP contribution in [0.15, 0.2) is 23.2 Å². The largest absolute Gasteiger partial charge is 0.277 e. The van der Waals surface area contributed by atoms with Gasteiger partial charge >= 0.3 is 0 Å². The zero-order valence-electron chi connectivity index (χ0n) is 7.09. The number of benzene rings is 1. The molecular formula is C9H10N2S. The summed E-state index contributed by atoms with van der Waals surface area (Å²) in [5, 5.41) is 9.49. The SMILES string of the molecule is CSc1n[nH]c2cc(C)ccc12. The molecule has 0 spiro atoms. The van der Waals surface area contributed by atoms with E-state index in [4.69, 9.17) is 0 Å². The molecule has 0 atom stereocenters. The Bertz CT molecular complexity index is 406. The van der Waals surface area contributed by atoms with E-state index in [2.05, 4.69) is 35.3 Å². The molecule has 0 bridgehead atoms. The van der Waals surface area contributed by atoms with Crippen LogP contribution in [-0.2, 0) is 0 Å². The van der Waals surface area contributed by atoms with Crippen molar-refractivity contribution in [2.45, 2.75) is 11.9 Å². The molecule has 0 aliphatic heterocycles. The maximum absolute atomic E-state index is 4.19. The smallest absolute Gasteiger partial charge is 0.125 e. The first kappa shape index (κ1) is 7.68. The van der Waals surface area contributed by atoms with Gasteiger partial charge in [-0.1, -0.05) is 6.07 Å². The van der Waals surface area contributed by atoms with Crippen LogP contribution in [0.4, 0.5) is 0 Å². The lowest BCUT2D eigenvalue weighted by atomic mass is 10.2. The Balaban J connectivity index is 2.73. The third kappa shape index (κ3) is 1.10. The second kappa shape index (κ2) is 2.83. The number of nitrogens with one attached hydrogen (secondary N) is 1. The van der Waals surface area contributed by atoms with Gasteiger partial charge in [-0.25, -0.2) is 0 Å². The molecule has 0 radical (unpaired) electrons. The summed E-state index contributed by atoms with van der Waals surface area (Å²) in [6, 6.07) is 6.33. The number of rotatable bonds is 1. The predicted molar refractivity (Wildman–Crippen MR) is 52.6 cm³/mol. The third-order valence-electron chi connectivity index (χ3n) is 1.88. The Labute approximate surface area is 75.4 Å². The second-order valence-corrected chi connectivity index (χ2v) is 3.58. The highest BCUT2D eigenvalue weighted by atomic mass is 32.2. The first-order valence-corrected chi connectivity index (χ1v) is 5.02. The van der Waals surface area contributed by atoms with E-state index in [1.807, 2.05) is 6.26 Å². The molecule has 1 heterocycles. The van der Waals surface area contributed by atoms with Gasteiger partial charge in [0, 0.05) is 5.39 Å². The molecule has 2 rings (SSSR count). The van der Waals surface area contributed by atoms with Gasteiger partial charge in [0.25, 0.3) is 0 Å². The lowest BCUT2D eigenvalue weighted by Gasteiger charge is -1.92. The lowest BCUT2D eigenvalue weighted by Crippen LogP contribution is -1.71. The molecule has 1 aromatic heterocycles. The van der Waals surface area contributed by atoms with E-state index in [0.717, 1.165) is 10.5 Å². The van der Waals surface area contributed by atoms with Crippen molar-refractivity contribution in [1.82, 2.24) is 10.2 Å². The van der Waals surface area contributed by atoms with Crippen LogP contribution in [0.5, 0.6) is 0 Å². The number of nitrogens with zero attached hydrogens (tertiary/aromatic N) is 1. The van der Waals surface area contributed by atoms with Crippen molar-refractivity contribution in [2.24, 2.45) is 0 Å². The molecule has 3 heteroatoms. The number of aryl methyl sites for hydroxylation is 1. The summed E-state index contributed by atoms with van der Waals surface area (Å²) >= 11 is 1.67. The van der Waals surface area contributed by atoms with Crippen LogP contribution >= 0.6 is 11.8 Å². The first-order chi connectivity index (χ1) is 5.81. The summed E-state index contributed by atoms with van der Waals surface area (Å²) in [6.07, 6.45) is 2.04. The van der Waals surface area contributed by atoms with E-state index < -0.39 is 0 Å². The molecular weight excluding hydrogens is 168 g/mol. The second-order valence-electron chi connectivity index (χ2n) is 2.78. The van der Waals surface area contributed by atoms with Crippen molar-refractivity contribution in [3.05, 3.63) is 23.8 Å². The summed E-state index contributed by atoms with van der Waals surface area (Å²) in [5.74, 6) is 0. The molecule has 2 nitrogen and oxygen atoms in total. The van der Waals surface area contributed by atoms with Gasteiger partial charge in [0.1, 0.15) is 5.03 Å². The van der Waals surface area contributed by atoms with Gasteiger partial charge in [0.2, 0.25) is 0 Å². The molecule has 62 valence electrons. The summed E-state index contributed by atoms with van der Waals surface area (Å²) < 4.78 is 0. The van der Waals surface area contributed by atoms with Crippen LogP contribution in [0, 0.1) is 6.92 Å². The van der Waals surface area contributed by atoms with E-state index in [9.17, 15) is 0 Å². The minimum absolute atomic E-state index is 1.07. The number of thioether (sulfide) groups is 1. The summed E-state index contributed by atoms with van der Waals surface area (Å²) in [7, 11) is 0. The monoisotopic (exact) mass is 178 g/mol. The fourth-order valence-corrected chi connectivity index (χ4v) is 1.80. The van der Waals surface area contributed by atoms with Crippen molar-refractivity contribution < 1.29 is 0 Å².